The number of carbonyl (C=O) groups is 1. The summed E-state index contributed by atoms with van der Waals surface area (Å²) in [5.41, 5.74) is 2.14. The summed E-state index contributed by atoms with van der Waals surface area (Å²) in [7, 11) is 0. The molecule has 0 spiro atoms. The standard InChI is InChI=1S/C17H15N5O3/c1-9-16-12(10-3-2-4-11(23)7-10)8-15(25)18-17(16)22(21-9)13-5-6-14(24)20-19-13/h2-7,12,23H,8H2,1H3,(H,18,25)(H,20,24)/t12-/m1/s1. The van der Waals surface area contributed by atoms with Gasteiger partial charge in [-0.2, -0.15) is 14.9 Å². The molecule has 0 aliphatic carbocycles. The fourth-order valence-electron chi connectivity index (χ4n) is 3.19. The predicted octanol–water partition coefficient (Wildman–Crippen LogP) is 1.44. The van der Waals surface area contributed by atoms with Crippen molar-refractivity contribution in [3.8, 4) is 11.6 Å². The lowest BCUT2D eigenvalue weighted by molar-refractivity contribution is -0.116. The molecule has 0 bridgehead atoms. The van der Waals surface area contributed by atoms with Gasteiger partial charge in [-0.15, -0.1) is 0 Å². The Hall–Kier alpha value is -3.42. The SMILES string of the molecule is Cc1nn(-c2ccc(=O)[nH]n2)c2c1[C@@H](c1cccc(O)c1)CC(=O)N2. The molecule has 1 aliphatic rings. The number of amides is 1. The summed E-state index contributed by atoms with van der Waals surface area (Å²) in [4.78, 5) is 23.5. The van der Waals surface area contributed by atoms with Crippen molar-refractivity contribution in [1.29, 1.82) is 0 Å². The van der Waals surface area contributed by atoms with Crippen LogP contribution in [0.3, 0.4) is 0 Å². The van der Waals surface area contributed by atoms with Crippen LogP contribution in [0.2, 0.25) is 0 Å². The molecule has 0 fully saturated rings. The van der Waals surface area contributed by atoms with E-state index in [9.17, 15) is 14.7 Å². The fourth-order valence-corrected chi connectivity index (χ4v) is 3.19. The first-order valence-electron chi connectivity index (χ1n) is 7.77. The second-order valence-electron chi connectivity index (χ2n) is 5.94. The zero-order valence-electron chi connectivity index (χ0n) is 13.4. The number of anilines is 1. The molecule has 0 radical (unpaired) electrons. The highest BCUT2D eigenvalue weighted by atomic mass is 16.3. The monoisotopic (exact) mass is 337 g/mol. The average Bonchev–Trinajstić information content (AvgIpc) is 2.91. The molecule has 0 unspecified atom stereocenters. The number of H-pyrrole nitrogens is 1. The number of hydrogen-bond acceptors (Lipinski definition) is 5. The maximum atomic E-state index is 12.2. The van der Waals surface area contributed by atoms with E-state index < -0.39 is 0 Å². The Morgan fingerprint density at radius 3 is 2.80 bits per heavy atom. The summed E-state index contributed by atoms with van der Waals surface area (Å²) in [6.07, 6.45) is 0.266. The summed E-state index contributed by atoms with van der Waals surface area (Å²) in [5, 5.41) is 23.4. The molecule has 25 heavy (non-hydrogen) atoms. The number of rotatable bonds is 2. The summed E-state index contributed by atoms with van der Waals surface area (Å²) in [5.74, 6) is 0.721. The van der Waals surface area contributed by atoms with Crippen molar-refractivity contribution >= 4 is 11.7 Å². The number of benzene rings is 1. The zero-order valence-corrected chi connectivity index (χ0v) is 13.4. The van der Waals surface area contributed by atoms with Gasteiger partial charge >= 0.3 is 0 Å². The van der Waals surface area contributed by atoms with Crippen molar-refractivity contribution in [2.45, 2.75) is 19.3 Å². The number of nitrogens with one attached hydrogen (secondary N) is 2. The number of phenolic OH excluding ortho intramolecular Hbond substituents is 1. The van der Waals surface area contributed by atoms with E-state index in [0.29, 0.717) is 11.6 Å². The van der Waals surface area contributed by atoms with E-state index in [1.165, 1.54) is 16.8 Å². The minimum Gasteiger partial charge on any atom is -0.508 e. The smallest absolute Gasteiger partial charge is 0.264 e. The van der Waals surface area contributed by atoms with E-state index in [4.69, 9.17) is 0 Å². The molecule has 0 saturated heterocycles. The number of aryl methyl sites for hydroxylation is 1. The average molecular weight is 337 g/mol. The van der Waals surface area contributed by atoms with Gasteiger partial charge in [0.05, 0.1) is 5.69 Å². The van der Waals surface area contributed by atoms with Gasteiger partial charge < -0.3 is 10.4 Å². The Morgan fingerprint density at radius 1 is 1.24 bits per heavy atom. The van der Waals surface area contributed by atoms with Crippen LogP contribution in [0.1, 0.15) is 29.2 Å². The maximum absolute atomic E-state index is 12.2. The molecule has 126 valence electrons. The molecule has 1 aliphatic heterocycles. The molecule has 3 aromatic rings. The number of nitrogens with zero attached hydrogens (tertiary/aromatic N) is 3. The summed E-state index contributed by atoms with van der Waals surface area (Å²) in [6, 6.07) is 9.76. The molecule has 0 saturated carbocycles. The van der Waals surface area contributed by atoms with Gasteiger partial charge in [-0.1, -0.05) is 12.1 Å². The lowest BCUT2D eigenvalue weighted by Gasteiger charge is -2.24. The first kappa shape index (κ1) is 15.1. The van der Waals surface area contributed by atoms with Gasteiger partial charge in [-0.05, 0) is 30.7 Å². The van der Waals surface area contributed by atoms with E-state index in [2.05, 4.69) is 20.6 Å². The maximum Gasteiger partial charge on any atom is 0.264 e. The molecule has 8 nitrogen and oxygen atoms in total. The highest BCUT2D eigenvalue weighted by molar-refractivity contribution is 5.95. The molecule has 1 atom stereocenters. The quantitative estimate of drug-likeness (QED) is 0.655. The second-order valence-corrected chi connectivity index (χ2v) is 5.94. The Morgan fingerprint density at radius 2 is 2.08 bits per heavy atom. The van der Waals surface area contributed by atoms with Crippen molar-refractivity contribution in [3.05, 3.63) is 63.6 Å². The van der Waals surface area contributed by atoms with Gasteiger partial charge in [0.15, 0.2) is 5.82 Å². The number of aromatic hydroxyl groups is 1. The van der Waals surface area contributed by atoms with Crippen LogP contribution in [0.25, 0.3) is 5.82 Å². The van der Waals surface area contributed by atoms with Gasteiger partial charge in [-0.3, -0.25) is 9.59 Å². The Kier molecular flexibility index (Phi) is 3.38. The van der Waals surface area contributed by atoms with E-state index >= 15 is 0 Å². The first-order valence-corrected chi connectivity index (χ1v) is 7.77. The van der Waals surface area contributed by atoms with Crippen LogP contribution in [0.15, 0.2) is 41.2 Å². The normalized spacial score (nSPS) is 16.4. The number of carbonyl (C=O) groups excluding carboxylic acids is 1. The number of aromatic amines is 1. The molecular formula is C17H15N5O3. The van der Waals surface area contributed by atoms with Gasteiger partial charge in [0.25, 0.3) is 5.56 Å². The van der Waals surface area contributed by atoms with Gasteiger partial charge in [0, 0.05) is 24.0 Å². The Balaban J connectivity index is 1.89. The van der Waals surface area contributed by atoms with E-state index in [1.54, 1.807) is 18.2 Å². The van der Waals surface area contributed by atoms with Gasteiger partial charge in [0.1, 0.15) is 11.6 Å². The molecule has 1 amide bonds. The van der Waals surface area contributed by atoms with Crippen molar-refractivity contribution < 1.29 is 9.90 Å². The molecule has 2 aromatic heterocycles. The third kappa shape index (κ3) is 2.57. The molecule has 3 heterocycles. The Bertz CT molecular complexity index is 1020. The number of fused-ring (bicyclic) bond motifs is 1. The Labute approximate surface area is 142 Å². The molecular weight excluding hydrogens is 322 g/mol. The number of hydrogen-bond donors (Lipinski definition) is 3. The van der Waals surface area contributed by atoms with Crippen LogP contribution in [0.4, 0.5) is 5.82 Å². The highest BCUT2D eigenvalue weighted by Crippen LogP contribution is 2.40. The molecule has 8 heteroatoms. The van der Waals surface area contributed by atoms with Crippen molar-refractivity contribution in [2.24, 2.45) is 0 Å². The molecule has 3 N–H and O–H groups in total. The topological polar surface area (TPSA) is 113 Å². The second kappa shape index (κ2) is 5.59. The molecule has 1 aromatic carbocycles. The predicted molar refractivity (Wildman–Crippen MR) is 89.9 cm³/mol. The van der Waals surface area contributed by atoms with E-state index in [-0.39, 0.29) is 29.6 Å². The van der Waals surface area contributed by atoms with Crippen LogP contribution < -0.4 is 10.9 Å². The summed E-state index contributed by atoms with van der Waals surface area (Å²) < 4.78 is 1.51. The highest BCUT2D eigenvalue weighted by Gasteiger charge is 2.33. The number of phenols is 1. The fraction of sp³-hybridized carbons (Fsp3) is 0.176. The largest absolute Gasteiger partial charge is 0.508 e. The van der Waals surface area contributed by atoms with Crippen molar-refractivity contribution in [2.75, 3.05) is 5.32 Å². The van der Waals surface area contributed by atoms with Crippen LogP contribution in [-0.2, 0) is 4.79 Å². The van der Waals surface area contributed by atoms with Crippen molar-refractivity contribution in [1.82, 2.24) is 20.0 Å². The molecule has 4 rings (SSSR count). The lowest BCUT2D eigenvalue weighted by Crippen LogP contribution is -2.25. The zero-order chi connectivity index (χ0) is 17.6. The minimum absolute atomic E-state index is 0.147. The van der Waals surface area contributed by atoms with Gasteiger partial charge in [-0.25, -0.2) is 5.10 Å². The minimum atomic E-state index is -0.317. The van der Waals surface area contributed by atoms with Crippen LogP contribution in [0.5, 0.6) is 5.75 Å². The van der Waals surface area contributed by atoms with Gasteiger partial charge in [0.2, 0.25) is 5.91 Å². The van der Waals surface area contributed by atoms with Crippen LogP contribution >= 0.6 is 0 Å². The van der Waals surface area contributed by atoms with E-state index in [1.807, 2.05) is 13.0 Å². The lowest BCUT2D eigenvalue weighted by atomic mass is 9.86. The first-order chi connectivity index (χ1) is 12.0. The van der Waals surface area contributed by atoms with Crippen molar-refractivity contribution in [3.63, 3.8) is 0 Å². The summed E-state index contributed by atoms with van der Waals surface area (Å²) in [6.45, 7) is 1.86. The third-order valence-corrected chi connectivity index (χ3v) is 4.26. The number of aromatic nitrogens is 4. The third-order valence-electron chi connectivity index (χ3n) is 4.26. The van der Waals surface area contributed by atoms with E-state index in [0.717, 1.165) is 16.8 Å². The summed E-state index contributed by atoms with van der Waals surface area (Å²) >= 11 is 0. The van der Waals surface area contributed by atoms with Crippen LogP contribution in [-0.4, -0.2) is 31.0 Å². The van der Waals surface area contributed by atoms with Crippen LogP contribution in [0, 0.1) is 6.92 Å².